The van der Waals surface area contributed by atoms with Crippen molar-refractivity contribution in [2.45, 2.75) is 12.5 Å². The predicted molar refractivity (Wildman–Crippen MR) is 179 cm³/mol. The summed E-state index contributed by atoms with van der Waals surface area (Å²) >= 11 is 1.39. The number of thioether (sulfide) groups is 1. The zero-order chi connectivity index (χ0) is 29.0. The molecule has 208 valence electrons. The van der Waals surface area contributed by atoms with Crippen LogP contribution in [-0.4, -0.2) is 16.8 Å². The first kappa shape index (κ1) is 26.7. The van der Waals surface area contributed by atoms with Crippen LogP contribution in [0.1, 0.15) is 29.2 Å². The minimum absolute atomic E-state index is 0.0873. The summed E-state index contributed by atoms with van der Waals surface area (Å²) in [5.41, 5.74) is 6.98. The van der Waals surface area contributed by atoms with E-state index >= 15 is 0 Å². The van der Waals surface area contributed by atoms with E-state index in [-0.39, 0.29) is 11.9 Å². The third kappa shape index (κ3) is 5.65. The number of hydrazone groups is 1. The summed E-state index contributed by atoms with van der Waals surface area (Å²) in [6.45, 7) is 0. The zero-order valence-corrected chi connectivity index (χ0v) is 24.1. The number of para-hydroxylation sites is 2. The van der Waals surface area contributed by atoms with E-state index in [0.29, 0.717) is 10.1 Å². The van der Waals surface area contributed by atoms with Crippen molar-refractivity contribution in [1.29, 1.82) is 0 Å². The van der Waals surface area contributed by atoms with Gasteiger partial charge in [0.15, 0.2) is 5.17 Å². The molecule has 1 saturated heterocycles. The molecule has 0 bridgehead atoms. The Morgan fingerprint density at radius 3 is 1.98 bits per heavy atom. The SMILES string of the molecule is O=C1/C(=C\c2ccc(N3N=C(c4ccccc4)CC3c3ccccc3)cc2)SC(=Nc2ccccc2)N1c1ccccc1. The van der Waals surface area contributed by atoms with E-state index < -0.39 is 0 Å². The third-order valence-corrected chi connectivity index (χ3v) is 8.43. The standard InChI is InChI=1S/C37H28N4OS/c42-36-35(43-37(38-30-17-9-3-10-18-30)40(36)31-19-11-4-12-20-31)25-27-21-23-32(24-22-27)41-34(29-15-7-2-8-16-29)26-33(39-41)28-13-5-1-6-14-28/h1-25,34H,26H2/b35-25+,38-37?. The summed E-state index contributed by atoms with van der Waals surface area (Å²) in [4.78, 5) is 20.8. The zero-order valence-electron chi connectivity index (χ0n) is 23.3. The first-order valence-electron chi connectivity index (χ1n) is 14.2. The molecule has 0 radical (unpaired) electrons. The fourth-order valence-electron chi connectivity index (χ4n) is 5.33. The molecule has 43 heavy (non-hydrogen) atoms. The van der Waals surface area contributed by atoms with Gasteiger partial charge in [0, 0.05) is 6.42 Å². The Morgan fingerprint density at radius 1 is 0.698 bits per heavy atom. The molecule has 1 unspecified atom stereocenters. The molecule has 2 heterocycles. The summed E-state index contributed by atoms with van der Waals surface area (Å²) in [6, 6.07) is 48.6. The molecule has 6 heteroatoms. The highest BCUT2D eigenvalue weighted by atomic mass is 32.2. The molecule has 1 atom stereocenters. The van der Waals surface area contributed by atoms with Crippen molar-refractivity contribution in [2.75, 3.05) is 9.91 Å². The second-order valence-corrected chi connectivity index (χ2v) is 11.3. The lowest BCUT2D eigenvalue weighted by atomic mass is 9.98. The van der Waals surface area contributed by atoms with Crippen LogP contribution >= 0.6 is 11.8 Å². The van der Waals surface area contributed by atoms with Gasteiger partial charge in [-0.2, -0.15) is 5.10 Å². The predicted octanol–water partition coefficient (Wildman–Crippen LogP) is 8.85. The Morgan fingerprint density at radius 2 is 1.30 bits per heavy atom. The fraction of sp³-hybridized carbons (Fsp3) is 0.0541. The number of carbonyl (C=O) groups is 1. The third-order valence-electron chi connectivity index (χ3n) is 7.46. The van der Waals surface area contributed by atoms with Crippen LogP contribution in [-0.2, 0) is 4.79 Å². The Kier molecular flexibility index (Phi) is 7.42. The van der Waals surface area contributed by atoms with Gasteiger partial charge >= 0.3 is 0 Å². The van der Waals surface area contributed by atoms with Crippen molar-refractivity contribution in [2.24, 2.45) is 10.1 Å². The maximum atomic E-state index is 13.7. The molecule has 5 nitrogen and oxygen atoms in total. The molecule has 0 saturated carbocycles. The molecule has 0 aromatic heterocycles. The van der Waals surface area contributed by atoms with Crippen LogP contribution in [0, 0.1) is 0 Å². The molecule has 5 aromatic rings. The average molecular weight is 577 g/mol. The highest BCUT2D eigenvalue weighted by Gasteiger charge is 2.35. The number of hydrogen-bond acceptors (Lipinski definition) is 5. The summed E-state index contributed by atoms with van der Waals surface area (Å²) in [6.07, 6.45) is 2.77. The molecule has 7 rings (SSSR count). The molecular formula is C37H28N4OS. The van der Waals surface area contributed by atoms with E-state index in [1.54, 1.807) is 4.90 Å². The molecule has 2 aliphatic heterocycles. The Labute approximate surface area is 255 Å². The number of carbonyl (C=O) groups excluding carboxylic acids is 1. The number of amidine groups is 1. The van der Waals surface area contributed by atoms with Crippen molar-refractivity contribution in [1.82, 2.24) is 0 Å². The lowest BCUT2D eigenvalue weighted by Crippen LogP contribution is -2.28. The minimum Gasteiger partial charge on any atom is -0.268 e. The maximum absolute atomic E-state index is 13.7. The molecule has 1 amide bonds. The number of amides is 1. The molecule has 0 spiro atoms. The van der Waals surface area contributed by atoms with Crippen LogP contribution < -0.4 is 9.91 Å². The van der Waals surface area contributed by atoms with Gasteiger partial charge in [-0.05, 0) is 70.9 Å². The van der Waals surface area contributed by atoms with Crippen molar-refractivity contribution in [3.63, 3.8) is 0 Å². The van der Waals surface area contributed by atoms with Gasteiger partial charge in [-0.1, -0.05) is 109 Å². The van der Waals surface area contributed by atoms with Crippen molar-refractivity contribution < 1.29 is 4.79 Å². The second-order valence-electron chi connectivity index (χ2n) is 10.3. The summed E-state index contributed by atoms with van der Waals surface area (Å²) < 4.78 is 0. The van der Waals surface area contributed by atoms with E-state index in [1.165, 1.54) is 17.3 Å². The van der Waals surface area contributed by atoms with E-state index in [9.17, 15) is 4.79 Å². The van der Waals surface area contributed by atoms with Crippen LogP contribution in [0.15, 0.2) is 161 Å². The van der Waals surface area contributed by atoms with Crippen LogP contribution in [0.25, 0.3) is 6.08 Å². The van der Waals surface area contributed by atoms with E-state index in [2.05, 4.69) is 65.7 Å². The van der Waals surface area contributed by atoms with E-state index in [0.717, 1.165) is 40.3 Å². The van der Waals surface area contributed by atoms with Crippen molar-refractivity contribution in [3.8, 4) is 0 Å². The Bertz CT molecular complexity index is 1820. The van der Waals surface area contributed by atoms with Crippen molar-refractivity contribution in [3.05, 3.63) is 167 Å². The van der Waals surface area contributed by atoms with Gasteiger partial charge in [0.05, 0.1) is 33.7 Å². The average Bonchev–Trinajstić information content (AvgIpc) is 3.64. The highest BCUT2D eigenvalue weighted by Crippen LogP contribution is 2.39. The second kappa shape index (κ2) is 12.0. The van der Waals surface area contributed by atoms with Gasteiger partial charge in [0.25, 0.3) is 5.91 Å². The van der Waals surface area contributed by atoms with E-state index in [4.69, 9.17) is 10.1 Å². The first-order chi connectivity index (χ1) is 21.2. The summed E-state index contributed by atoms with van der Waals surface area (Å²) in [5, 5.41) is 7.83. The van der Waals surface area contributed by atoms with Gasteiger partial charge in [-0.15, -0.1) is 0 Å². The highest BCUT2D eigenvalue weighted by molar-refractivity contribution is 8.19. The monoisotopic (exact) mass is 576 g/mol. The molecule has 0 aliphatic carbocycles. The Balaban J connectivity index is 1.19. The summed E-state index contributed by atoms with van der Waals surface area (Å²) in [5.74, 6) is -0.0873. The topological polar surface area (TPSA) is 48.3 Å². The number of benzene rings is 5. The maximum Gasteiger partial charge on any atom is 0.271 e. The number of anilines is 2. The number of rotatable bonds is 6. The largest absolute Gasteiger partial charge is 0.271 e. The molecule has 1 fully saturated rings. The normalized spacial score (nSPS) is 18.5. The first-order valence-corrected chi connectivity index (χ1v) is 15.0. The molecule has 0 N–H and O–H groups in total. The summed E-state index contributed by atoms with van der Waals surface area (Å²) in [7, 11) is 0. The lowest BCUT2D eigenvalue weighted by molar-refractivity contribution is -0.113. The lowest BCUT2D eigenvalue weighted by Gasteiger charge is -2.24. The van der Waals surface area contributed by atoms with Gasteiger partial charge in [-0.25, -0.2) is 4.99 Å². The van der Waals surface area contributed by atoms with Crippen LogP contribution in [0.5, 0.6) is 0 Å². The van der Waals surface area contributed by atoms with Crippen molar-refractivity contribution >= 4 is 51.7 Å². The molecule has 2 aliphatic rings. The number of aliphatic imine (C=N–C) groups is 1. The van der Waals surface area contributed by atoms with Crippen LogP contribution in [0.4, 0.5) is 17.1 Å². The molecular weight excluding hydrogens is 549 g/mol. The quantitative estimate of drug-likeness (QED) is 0.190. The van der Waals surface area contributed by atoms with Crippen LogP contribution in [0.3, 0.4) is 0 Å². The fourth-order valence-corrected chi connectivity index (χ4v) is 6.33. The van der Waals surface area contributed by atoms with Gasteiger partial charge in [0.1, 0.15) is 0 Å². The van der Waals surface area contributed by atoms with Gasteiger partial charge < -0.3 is 0 Å². The van der Waals surface area contributed by atoms with Gasteiger partial charge in [-0.3, -0.25) is 14.7 Å². The number of nitrogens with zero attached hydrogens (tertiary/aromatic N) is 4. The van der Waals surface area contributed by atoms with E-state index in [1.807, 2.05) is 91.0 Å². The Hall–Kier alpha value is -5.20. The number of hydrogen-bond donors (Lipinski definition) is 0. The van der Waals surface area contributed by atoms with Gasteiger partial charge in [0.2, 0.25) is 0 Å². The minimum atomic E-state index is -0.0873. The van der Waals surface area contributed by atoms with Crippen LogP contribution in [0.2, 0.25) is 0 Å². The smallest absolute Gasteiger partial charge is 0.268 e. The molecule has 5 aromatic carbocycles.